The summed E-state index contributed by atoms with van der Waals surface area (Å²) in [7, 11) is 0. The molecule has 3 aromatic carbocycles. The Morgan fingerprint density at radius 1 is 1.03 bits per heavy atom. The van der Waals surface area contributed by atoms with Crippen molar-refractivity contribution in [1.82, 2.24) is 4.98 Å². The minimum absolute atomic E-state index is 0.351. The zero-order chi connectivity index (χ0) is 21.6. The summed E-state index contributed by atoms with van der Waals surface area (Å²) in [5.41, 5.74) is 3.00. The number of rotatable bonds is 9. The summed E-state index contributed by atoms with van der Waals surface area (Å²) < 4.78 is 11.1. The van der Waals surface area contributed by atoms with Crippen LogP contribution in [0.1, 0.15) is 17.0 Å². The van der Waals surface area contributed by atoms with E-state index in [2.05, 4.69) is 41.8 Å². The lowest BCUT2D eigenvalue weighted by atomic mass is 10.1. The third kappa shape index (κ3) is 5.41. The average Bonchev–Trinajstić information content (AvgIpc) is 3.24. The smallest absolute Gasteiger partial charge is 0.341 e. The largest absolute Gasteiger partial charge is 0.494 e. The molecule has 0 radical (unpaired) electrons. The van der Waals surface area contributed by atoms with Crippen molar-refractivity contribution in [3.05, 3.63) is 76.6 Å². The Bertz CT molecular complexity index is 1200. The van der Waals surface area contributed by atoms with Crippen LogP contribution in [-0.2, 0) is 11.2 Å². The molecule has 0 saturated heterocycles. The molecular formula is C25H23NO4S. The number of aliphatic carboxylic acids is 1. The number of nitrogens with zero attached hydrogens (tertiary/aromatic N) is 1. The monoisotopic (exact) mass is 433 g/mol. The van der Waals surface area contributed by atoms with E-state index in [0.717, 1.165) is 40.4 Å². The van der Waals surface area contributed by atoms with Gasteiger partial charge in [0.1, 0.15) is 11.5 Å². The number of carboxylic acid groups (broad SMARTS) is 1. The van der Waals surface area contributed by atoms with Crippen molar-refractivity contribution in [3.63, 3.8) is 0 Å². The Kier molecular flexibility index (Phi) is 6.48. The van der Waals surface area contributed by atoms with E-state index >= 15 is 0 Å². The summed E-state index contributed by atoms with van der Waals surface area (Å²) in [4.78, 5) is 15.4. The maximum absolute atomic E-state index is 10.6. The number of carboxylic acids is 1. The molecule has 0 saturated carbocycles. The van der Waals surface area contributed by atoms with E-state index in [1.165, 1.54) is 10.8 Å². The molecule has 158 valence electrons. The van der Waals surface area contributed by atoms with Crippen LogP contribution in [0.4, 0.5) is 0 Å². The molecule has 6 heteroatoms. The lowest BCUT2D eigenvalue weighted by molar-refractivity contribution is -0.139. The fourth-order valence-corrected chi connectivity index (χ4v) is 4.18. The Labute approximate surface area is 184 Å². The molecule has 0 aliphatic carbocycles. The molecule has 1 heterocycles. The lowest BCUT2D eigenvalue weighted by Gasteiger charge is -2.10. The fraction of sp³-hybridized carbons (Fsp3) is 0.200. The zero-order valence-electron chi connectivity index (χ0n) is 17.2. The predicted octanol–water partition coefficient (Wildman–Crippen LogP) is 5.75. The van der Waals surface area contributed by atoms with Crippen LogP contribution in [0.3, 0.4) is 0 Å². The molecule has 31 heavy (non-hydrogen) atoms. The summed E-state index contributed by atoms with van der Waals surface area (Å²) in [6, 6.07) is 20.2. The molecule has 0 spiro atoms. The second-order valence-electron chi connectivity index (χ2n) is 7.25. The summed E-state index contributed by atoms with van der Waals surface area (Å²) in [6.45, 7) is 2.10. The number of hydrogen-bond donors (Lipinski definition) is 1. The van der Waals surface area contributed by atoms with Crippen LogP contribution in [0.2, 0.25) is 0 Å². The molecule has 5 nitrogen and oxygen atoms in total. The highest BCUT2D eigenvalue weighted by atomic mass is 32.1. The minimum Gasteiger partial charge on any atom is -0.494 e. The third-order valence-corrected chi connectivity index (χ3v) is 5.81. The highest BCUT2D eigenvalue weighted by Crippen LogP contribution is 2.27. The van der Waals surface area contributed by atoms with Crippen molar-refractivity contribution >= 4 is 28.1 Å². The summed E-state index contributed by atoms with van der Waals surface area (Å²) in [5.74, 6) is 0.306. The Balaban J connectivity index is 1.29. The molecule has 0 aliphatic rings. The van der Waals surface area contributed by atoms with Crippen LogP contribution in [0.15, 0.2) is 66.0 Å². The normalized spacial score (nSPS) is 10.9. The van der Waals surface area contributed by atoms with E-state index in [0.29, 0.717) is 12.4 Å². The van der Waals surface area contributed by atoms with Crippen molar-refractivity contribution in [2.45, 2.75) is 19.8 Å². The maximum Gasteiger partial charge on any atom is 0.341 e. The number of thiazole rings is 1. The third-order valence-electron chi connectivity index (χ3n) is 4.90. The molecule has 0 unspecified atom stereocenters. The SMILES string of the molecule is Cc1cc(OCCCc2nc(-c3ccc4ccccc4c3)cs2)ccc1OCC(=O)O. The standard InChI is InChI=1S/C25H23NO4S/c1-17-13-21(10-11-23(17)30-15-25(27)28)29-12-4-7-24-26-22(16-31-24)20-9-8-18-5-2-3-6-19(18)14-20/h2-3,5-6,8-11,13-14,16H,4,7,12,15H2,1H3,(H,27,28). The molecule has 4 aromatic rings. The molecule has 0 atom stereocenters. The first-order chi connectivity index (χ1) is 15.1. The van der Waals surface area contributed by atoms with Crippen LogP contribution >= 0.6 is 11.3 Å². The van der Waals surface area contributed by atoms with E-state index in [1.807, 2.05) is 19.1 Å². The number of aromatic nitrogens is 1. The number of carbonyl (C=O) groups is 1. The molecule has 1 N–H and O–H groups in total. The van der Waals surface area contributed by atoms with E-state index in [4.69, 9.17) is 19.6 Å². The number of hydrogen-bond acceptors (Lipinski definition) is 5. The van der Waals surface area contributed by atoms with E-state index in [9.17, 15) is 4.79 Å². The van der Waals surface area contributed by atoms with Crippen molar-refractivity contribution in [2.24, 2.45) is 0 Å². The van der Waals surface area contributed by atoms with Crippen LogP contribution in [0.25, 0.3) is 22.0 Å². The van der Waals surface area contributed by atoms with Crippen molar-refractivity contribution in [1.29, 1.82) is 0 Å². The second-order valence-corrected chi connectivity index (χ2v) is 8.19. The Morgan fingerprint density at radius 2 is 1.87 bits per heavy atom. The van der Waals surface area contributed by atoms with E-state index in [1.54, 1.807) is 23.5 Å². The van der Waals surface area contributed by atoms with Gasteiger partial charge in [0, 0.05) is 17.4 Å². The van der Waals surface area contributed by atoms with Gasteiger partial charge in [0.2, 0.25) is 0 Å². The van der Waals surface area contributed by atoms with Gasteiger partial charge in [0.25, 0.3) is 0 Å². The molecule has 0 bridgehead atoms. The summed E-state index contributed by atoms with van der Waals surface area (Å²) >= 11 is 1.68. The second kappa shape index (κ2) is 9.62. The number of fused-ring (bicyclic) bond motifs is 1. The minimum atomic E-state index is -0.995. The van der Waals surface area contributed by atoms with Gasteiger partial charge in [-0.1, -0.05) is 36.4 Å². The maximum atomic E-state index is 10.6. The molecule has 0 amide bonds. The van der Waals surface area contributed by atoms with Gasteiger partial charge in [0.05, 0.1) is 17.3 Å². The molecule has 0 aliphatic heterocycles. The van der Waals surface area contributed by atoms with Crippen LogP contribution < -0.4 is 9.47 Å². The summed E-state index contributed by atoms with van der Waals surface area (Å²) in [5, 5.41) is 14.4. The van der Waals surface area contributed by atoms with E-state index < -0.39 is 5.97 Å². The van der Waals surface area contributed by atoms with Gasteiger partial charge in [-0.15, -0.1) is 11.3 Å². The van der Waals surface area contributed by atoms with Crippen molar-refractivity contribution < 1.29 is 19.4 Å². The number of aryl methyl sites for hydroxylation is 2. The predicted molar refractivity (Wildman–Crippen MR) is 123 cm³/mol. The molecule has 1 aromatic heterocycles. The fourth-order valence-electron chi connectivity index (χ4n) is 3.33. The number of ether oxygens (including phenoxy) is 2. The first-order valence-electron chi connectivity index (χ1n) is 10.1. The summed E-state index contributed by atoms with van der Waals surface area (Å²) in [6.07, 6.45) is 1.72. The quantitative estimate of drug-likeness (QED) is 0.341. The first-order valence-corrected chi connectivity index (χ1v) is 11.0. The van der Waals surface area contributed by atoms with Crippen molar-refractivity contribution in [3.8, 4) is 22.8 Å². The molecule has 4 rings (SSSR count). The van der Waals surface area contributed by atoms with Crippen LogP contribution in [0.5, 0.6) is 11.5 Å². The molecular weight excluding hydrogens is 410 g/mol. The van der Waals surface area contributed by atoms with Gasteiger partial charge in [-0.2, -0.15) is 0 Å². The van der Waals surface area contributed by atoms with Gasteiger partial charge in [-0.25, -0.2) is 9.78 Å². The first kappa shape index (κ1) is 20.9. The average molecular weight is 434 g/mol. The highest BCUT2D eigenvalue weighted by molar-refractivity contribution is 7.09. The van der Waals surface area contributed by atoms with Crippen LogP contribution in [-0.4, -0.2) is 29.3 Å². The lowest BCUT2D eigenvalue weighted by Crippen LogP contribution is -2.10. The number of benzene rings is 3. The Morgan fingerprint density at radius 3 is 2.68 bits per heavy atom. The van der Waals surface area contributed by atoms with Crippen molar-refractivity contribution in [2.75, 3.05) is 13.2 Å². The molecule has 0 fully saturated rings. The topological polar surface area (TPSA) is 68.7 Å². The van der Waals surface area contributed by atoms with Gasteiger partial charge in [-0.05, 0) is 53.9 Å². The van der Waals surface area contributed by atoms with Gasteiger partial charge >= 0.3 is 5.97 Å². The van der Waals surface area contributed by atoms with E-state index in [-0.39, 0.29) is 6.61 Å². The van der Waals surface area contributed by atoms with Gasteiger partial charge in [0.15, 0.2) is 6.61 Å². The highest BCUT2D eigenvalue weighted by Gasteiger charge is 2.07. The van der Waals surface area contributed by atoms with Gasteiger partial charge < -0.3 is 14.6 Å². The Hall–Kier alpha value is -3.38. The van der Waals surface area contributed by atoms with Gasteiger partial charge in [-0.3, -0.25) is 0 Å². The van der Waals surface area contributed by atoms with Crippen LogP contribution in [0, 0.1) is 6.92 Å². The zero-order valence-corrected chi connectivity index (χ0v) is 18.0.